The average Bonchev–Trinajstić information content (AvgIpc) is 2.97. The van der Waals surface area contributed by atoms with Gasteiger partial charge in [0.2, 0.25) is 11.8 Å². The summed E-state index contributed by atoms with van der Waals surface area (Å²) < 4.78 is 41.7. The molecule has 2 amide bonds. The molecule has 0 aliphatic heterocycles. The zero-order valence-corrected chi connectivity index (χ0v) is 15.2. The van der Waals surface area contributed by atoms with Crippen molar-refractivity contribution >= 4 is 35.5 Å². The minimum absolute atomic E-state index is 0.0582. The average molecular weight is 399 g/mol. The molecule has 1 heterocycles. The fourth-order valence-electron chi connectivity index (χ4n) is 1.98. The molecule has 0 aliphatic carbocycles. The summed E-state index contributed by atoms with van der Waals surface area (Å²) in [6, 6.07) is 7.12. The van der Waals surface area contributed by atoms with Crippen molar-refractivity contribution in [3.8, 4) is 0 Å². The number of rotatable bonds is 6. The van der Waals surface area contributed by atoms with E-state index >= 15 is 0 Å². The van der Waals surface area contributed by atoms with Crippen LogP contribution < -0.4 is 5.32 Å². The molecule has 0 unspecified atom stereocenters. The van der Waals surface area contributed by atoms with Crippen molar-refractivity contribution in [3.05, 3.63) is 47.7 Å². The SMILES string of the molecule is Cc1cc(NC(=O)CN(C)C(=O)/C=C/c2ccc(SC(F)(F)F)cc2)no1. The fraction of sp³-hybridized carbons (Fsp3) is 0.235. The van der Waals surface area contributed by atoms with Crippen molar-refractivity contribution in [1.82, 2.24) is 10.1 Å². The standard InChI is InChI=1S/C17H16F3N3O3S/c1-11-9-14(22-26-11)21-15(24)10-23(2)16(25)8-5-12-3-6-13(7-4-12)27-17(18,19)20/h3-9H,10H2,1-2H3,(H,21,22,24)/b8-5+. The van der Waals surface area contributed by atoms with Gasteiger partial charge in [0, 0.05) is 24.1 Å². The van der Waals surface area contributed by atoms with Gasteiger partial charge in [0.15, 0.2) is 5.82 Å². The Balaban J connectivity index is 1.86. The second-order valence-electron chi connectivity index (χ2n) is 5.52. The number of nitrogens with one attached hydrogen (secondary N) is 1. The van der Waals surface area contributed by atoms with E-state index in [1.165, 1.54) is 48.4 Å². The van der Waals surface area contributed by atoms with Crippen molar-refractivity contribution in [2.24, 2.45) is 0 Å². The molecule has 0 radical (unpaired) electrons. The number of halogens is 3. The number of aromatic nitrogens is 1. The minimum Gasteiger partial charge on any atom is -0.360 e. The summed E-state index contributed by atoms with van der Waals surface area (Å²) >= 11 is -0.208. The maximum Gasteiger partial charge on any atom is 0.446 e. The highest BCUT2D eigenvalue weighted by Crippen LogP contribution is 2.36. The van der Waals surface area contributed by atoms with Crippen LogP contribution in [0, 0.1) is 6.92 Å². The van der Waals surface area contributed by atoms with Gasteiger partial charge in [0.1, 0.15) is 5.76 Å². The molecule has 6 nitrogen and oxygen atoms in total. The van der Waals surface area contributed by atoms with E-state index in [1.807, 2.05) is 0 Å². The molecule has 0 spiro atoms. The molecular weight excluding hydrogens is 383 g/mol. The third-order valence-electron chi connectivity index (χ3n) is 3.18. The first-order chi connectivity index (χ1) is 12.6. The van der Waals surface area contributed by atoms with Crippen LogP contribution in [0.2, 0.25) is 0 Å². The number of likely N-dealkylation sites (N-methyl/N-ethyl adjacent to an activating group) is 1. The number of carbonyl (C=O) groups excluding carboxylic acids is 2. The molecule has 0 saturated heterocycles. The molecule has 27 heavy (non-hydrogen) atoms. The number of anilines is 1. The summed E-state index contributed by atoms with van der Waals surface area (Å²) in [5.41, 5.74) is -3.79. The Morgan fingerprint density at radius 3 is 2.52 bits per heavy atom. The number of carbonyl (C=O) groups is 2. The highest BCUT2D eigenvalue weighted by Gasteiger charge is 2.28. The second kappa shape index (κ2) is 8.76. The van der Waals surface area contributed by atoms with Crippen molar-refractivity contribution in [2.45, 2.75) is 17.3 Å². The molecule has 0 atom stereocenters. The Morgan fingerprint density at radius 1 is 1.30 bits per heavy atom. The van der Waals surface area contributed by atoms with Crippen LogP contribution in [0.4, 0.5) is 19.0 Å². The lowest BCUT2D eigenvalue weighted by Gasteiger charge is -2.13. The first-order valence-electron chi connectivity index (χ1n) is 7.64. The van der Waals surface area contributed by atoms with Gasteiger partial charge in [-0.1, -0.05) is 17.3 Å². The first-order valence-corrected chi connectivity index (χ1v) is 8.46. The summed E-state index contributed by atoms with van der Waals surface area (Å²) in [5, 5.41) is 6.11. The van der Waals surface area contributed by atoms with E-state index < -0.39 is 17.3 Å². The number of alkyl halides is 3. The first kappa shape index (κ1) is 20.6. The number of thioether (sulfide) groups is 1. The molecule has 2 aromatic rings. The van der Waals surface area contributed by atoms with Crippen LogP contribution >= 0.6 is 11.8 Å². The van der Waals surface area contributed by atoms with Gasteiger partial charge < -0.3 is 14.7 Å². The van der Waals surface area contributed by atoms with Gasteiger partial charge in [-0.15, -0.1) is 0 Å². The number of aryl methyl sites for hydroxylation is 1. The molecule has 0 bridgehead atoms. The highest BCUT2D eigenvalue weighted by molar-refractivity contribution is 8.00. The molecule has 0 saturated carbocycles. The molecule has 0 aliphatic rings. The fourth-order valence-corrected chi connectivity index (χ4v) is 2.52. The predicted molar refractivity (Wildman–Crippen MR) is 94.9 cm³/mol. The summed E-state index contributed by atoms with van der Waals surface area (Å²) in [5.74, 6) is -0.0840. The number of benzene rings is 1. The van der Waals surface area contributed by atoms with Gasteiger partial charge in [0.25, 0.3) is 0 Å². The van der Waals surface area contributed by atoms with E-state index in [2.05, 4.69) is 10.5 Å². The van der Waals surface area contributed by atoms with Crippen LogP contribution in [0.5, 0.6) is 0 Å². The van der Waals surface area contributed by atoms with Gasteiger partial charge in [-0.2, -0.15) is 13.2 Å². The van der Waals surface area contributed by atoms with E-state index in [-0.39, 0.29) is 29.0 Å². The Hall–Kier alpha value is -2.75. The summed E-state index contributed by atoms with van der Waals surface area (Å²) in [4.78, 5) is 25.1. The molecule has 10 heteroatoms. The zero-order valence-electron chi connectivity index (χ0n) is 14.4. The number of hydrogen-bond acceptors (Lipinski definition) is 5. The van der Waals surface area contributed by atoms with Crippen LogP contribution in [0.25, 0.3) is 6.08 Å². The van der Waals surface area contributed by atoms with E-state index in [0.717, 1.165) is 0 Å². The molecule has 1 aromatic heterocycles. The lowest BCUT2D eigenvalue weighted by Crippen LogP contribution is -2.33. The summed E-state index contributed by atoms with van der Waals surface area (Å²) in [7, 11) is 1.45. The Morgan fingerprint density at radius 2 is 1.96 bits per heavy atom. The highest BCUT2D eigenvalue weighted by atomic mass is 32.2. The Labute approximate surface area is 157 Å². The van der Waals surface area contributed by atoms with E-state index in [4.69, 9.17) is 4.52 Å². The van der Waals surface area contributed by atoms with Gasteiger partial charge in [0.05, 0.1) is 6.54 Å². The van der Waals surface area contributed by atoms with Crippen molar-refractivity contribution in [1.29, 1.82) is 0 Å². The Bertz CT molecular complexity index is 832. The van der Waals surface area contributed by atoms with Crippen LogP contribution in [0.1, 0.15) is 11.3 Å². The van der Waals surface area contributed by atoms with Crippen LogP contribution in [-0.2, 0) is 9.59 Å². The summed E-state index contributed by atoms with van der Waals surface area (Å²) in [6.07, 6.45) is 2.69. The van der Waals surface area contributed by atoms with Gasteiger partial charge in [-0.05, 0) is 42.5 Å². The van der Waals surface area contributed by atoms with Crippen molar-refractivity contribution in [2.75, 3.05) is 18.9 Å². The lowest BCUT2D eigenvalue weighted by atomic mass is 10.2. The monoisotopic (exact) mass is 399 g/mol. The maximum atomic E-state index is 12.3. The van der Waals surface area contributed by atoms with Crippen LogP contribution in [0.15, 0.2) is 45.8 Å². The smallest absolute Gasteiger partial charge is 0.360 e. The lowest BCUT2D eigenvalue weighted by molar-refractivity contribution is -0.129. The quantitative estimate of drug-likeness (QED) is 0.592. The third-order valence-corrected chi connectivity index (χ3v) is 3.92. The van der Waals surface area contributed by atoms with Gasteiger partial charge in [-0.3, -0.25) is 9.59 Å². The second-order valence-corrected chi connectivity index (χ2v) is 6.65. The molecule has 1 N–H and O–H groups in total. The molecule has 1 aromatic carbocycles. The molecular formula is C17H16F3N3O3S. The van der Waals surface area contributed by atoms with E-state index in [9.17, 15) is 22.8 Å². The predicted octanol–water partition coefficient (Wildman–Crippen LogP) is 3.71. The minimum atomic E-state index is -4.35. The van der Waals surface area contributed by atoms with E-state index in [0.29, 0.717) is 11.3 Å². The zero-order chi connectivity index (χ0) is 20.0. The molecule has 144 valence electrons. The topological polar surface area (TPSA) is 75.4 Å². The Kier molecular flexibility index (Phi) is 6.67. The van der Waals surface area contributed by atoms with Gasteiger partial charge in [-0.25, -0.2) is 0 Å². The number of amides is 2. The third kappa shape index (κ3) is 7.18. The van der Waals surface area contributed by atoms with Crippen LogP contribution in [-0.4, -0.2) is 41.0 Å². The van der Waals surface area contributed by atoms with Crippen LogP contribution in [0.3, 0.4) is 0 Å². The van der Waals surface area contributed by atoms with E-state index in [1.54, 1.807) is 13.0 Å². The number of hydrogen-bond donors (Lipinski definition) is 1. The number of nitrogens with zero attached hydrogens (tertiary/aromatic N) is 2. The van der Waals surface area contributed by atoms with Crippen molar-refractivity contribution in [3.63, 3.8) is 0 Å². The summed E-state index contributed by atoms with van der Waals surface area (Å²) in [6.45, 7) is 1.48. The normalized spacial score (nSPS) is 11.6. The molecule has 2 rings (SSSR count). The largest absolute Gasteiger partial charge is 0.446 e. The maximum absolute atomic E-state index is 12.3. The van der Waals surface area contributed by atoms with Gasteiger partial charge >= 0.3 is 5.51 Å². The molecule has 0 fully saturated rings. The van der Waals surface area contributed by atoms with Crippen molar-refractivity contribution < 1.29 is 27.3 Å².